The highest BCUT2D eigenvalue weighted by atomic mass is 16.3. The first-order valence-corrected chi connectivity index (χ1v) is 13.1. The number of allylic oxidation sites excluding steroid dienone is 4. The molecule has 0 aliphatic heterocycles. The number of rotatable bonds is 5. The molecule has 3 fully saturated rings. The molecule has 0 aromatic heterocycles. The zero-order chi connectivity index (χ0) is 25.1. The molecule has 0 saturated heterocycles. The fourth-order valence-electron chi connectivity index (χ4n) is 5.89. The van der Waals surface area contributed by atoms with Crippen LogP contribution in [-0.4, -0.2) is 29.7 Å². The summed E-state index contributed by atoms with van der Waals surface area (Å²) in [4.78, 5) is 10.2. The summed E-state index contributed by atoms with van der Waals surface area (Å²) >= 11 is 0. The summed E-state index contributed by atoms with van der Waals surface area (Å²) in [6.07, 6.45) is 17.8. The number of aliphatic hydroxyl groups is 2. The van der Waals surface area contributed by atoms with E-state index >= 15 is 0 Å². The molecule has 0 aromatic rings. The van der Waals surface area contributed by atoms with Crippen molar-refractivity contribution >= 4 is 6.29 Å². The molecular weight excluding hydrogens is 408 g/mol. The third-order valence-corrected chi connectivity index (χ3v) is 7.92. The molecule has 3 aliphatic carbocycles. The molecule has 3 nitrogen and oxygen atoms in total. The van der Waals surface area contributed by atoms with Crippen LogP contribution in [0.15, 0.2) is 35.5 Å². The zero-order valence-electron chi connectivity index (χ0n) is 22.5. The molecule has 2 N–H and O–H groups in total. The molecule has 3 rings (SSSR count). The highest BCUT2D eigenvalue weighted by Crippen LogP contribution is 2.51. The average Bonchev–Trinajstić information content (AvgIpc) is 2.67. The molecule has 0 radical (unpaired) electrons. The maximum atomic E-state index is 10.2. The predicted octanol–water partition coefficient (Wildman–Crippen LogP) is 7.58. The maximum Gasteiger partial charge on any atom is 0.142 e. The Morgan fingerprint density at radius 1 is 0.970 bits per heavy atom. The van der Waals surface area contributed by atoms with E-state index in [-0.39, 0.29) is 6.61 Å². The monoisotopic (exact) mass is 460 g/mol. The van der Waals surface area contributed by atoms with Gasteiger partial charge in [-0.25, -0.2) is 0 Å². The summed E-state index contributed by atoms with van der Waals surface area (Å²) < 4.78 is 0. The lowest BCUT2D eigenvalue weighted by Crippen LogP contribution is -2.38. The van der Waals surface area contributed by atoms with Gasteiger partial charge < -0.3 is 10.2 Å². The van der Waals surface area contributed by atoms with Crippen molar-refractivity contribution in [1.29, 1.82) is 0 Å². The Kier molecular flexibility index (Phi) is 12.3. The second kappa shape index (κ2) is 13.6. The Labute approximate surface area is 204 Å². The Balaban J connectivity index is 0.000000247. The molecule has 0 bridgehead atoms. The van der Waals surface area contributed by atoms with Gasteiger partial charge in [-0.2, -0.15) is 0 Å². The van der Waals surface area contributed by atoms with Crippen LogP contribution in [0.1, 0.15) is 112 Å². The molecule has 0 amide bonds. The summed E-state index contributed by atoms with van der Waals surface area (Å²) in [5.74, 6) is 0.662. The van der Waals surface area contributed by atoms with E-state index in [4.69, 9.17) is 10.2 Å². The first-order valence-electron chi connectivity index (χ1n) is 13.1. The lowest BCUT2D eigenvalue weighted by molar-refractivity contribution is -0.104. The standard InChI is InChI=1S/2C10H18O.C10H16O/c1-8(2)9-4-5-10(9,3)6-7-11;2*1-10(2)6-3-4-9(8-10)5-7-11/h9,11H,1,4-7H2,2-3H3;5,11H,3-4,6-8H2,1-2H3;5,7H,3-4,6,8H2,1-2H3/b;9-5-;9-5+/t9-,10+;;/m0../s1. The molecule has 0 unspecified atom stereocenters. The fourth-order valence-corrected chi connectivity index (χ4v) is 5.89. The first kappa shape index (κ1) is 29.8. The smallest absolute Gasteiger partial charge is 0.142 e. The molecule has 190 valence electrons. The minimum atomic E-state index is 0.214. The van der Waals surface area contributed by atoms with Gasteiger partial charge in [-0.15, -0.1) is 0 Å². The van der Waals surface area contributed by atoms with Crippen LogP contribution < -0.4 is 0 Å². The average molecular weight is 461 g/mol. The fraction of sp³-hybridized carbons (Fsp3) is 0.767. The number of carbonyl (C=O) groups excluding carboxylic acids is 1. The molecule has 3 heteroatoms. The second-order valence-corrected chi connectivity index (χ2v) is 12.5. The van der Waals surface area contributed by atoms with Gasteiger partial charge in [0.25, 0.3) is 0 Å². The number of carbonyl (C=O) groups is 1. The van der Waals surface area contributed by atoms with Gasteiger partial charge in [0.05, 0.1) is 6.61 Å². The van der Waals surface area contributed by atoms with Crippen molar-refractivity contribution in [2.75, 3.05) is 13.2 Å². The van der Waals surface area contributed by atoms with Crippen LogP contribution in [0, 0.1) is 22.2 Å². The highest BCUT2D eigenvalue weighted by molar-refractivity contribution is 5.66. The van der Waals surface area contributed by atoms with Crippen molar-refractivity contribution in [1.82, 2.24) is 0 Å². The SMILES string of the molecule is C=C(C)[C@@H]1CC[C@]1(C)CCO.CC1(C)CCC/C(=C/CO)C1.CC1(C)CCC/C(=C\C=O)C1. The van der Waals surface area contributed by atoms with E-state index in [0.29, 0.717) is 28.8 Å². The van der Waals surface area contributed by atoms with E-state index in [9.17, 15) is 4.79 Å². The molecule has 2 atom stereocenters. The van der Waals surface area contributed by atoms with E-state index in [1.54, 1.807) is 6.08 Å². The van der Waals surface area contributed by atoms with Crippen molar-refractivity contribution in [3.8, 4) is 0 Å². The van der Waals surface area contributed by atoms with Crippen LogP contribution in [-0.2, 0) is 4.79 Å². The number of aliphatic hydroxyl groups excluding tert-OH is 2. The normalized spacial score (nSPS) is 30.2. The lowest BCUT2D eigenvalue weighted by atomic mass is 9.57. The van der Waals surface area contributed by atoms with Crippen LogP contribution >= 0.6 is 0 Å². The summed E-state index contributed by atoms with van der Waals surface area (Å²) in [5, 5.41) is 17.5. The Bertz CT molecular complexity index is 683. The van der Waals surface area contributed by atoms with Crippen molar-refractivity contribution in [2.24, 2.45) is 22.2 Å². The van der Waals surface area contributed by atoms with E-state index in [0.717, 1.165) is 25.5 Å². The minimum absolute atomic E-state index is 0.214. The Morgan fingerprint density at radius 3 is 1.91 bits per heavy atom. The maximum absolute atomic E-state index is 10.2. The summed E-state index contributed by atoms with van der Waals surface area (Å²) in [5.41, 5.74) is 5.32. The van der Waals surface area contributed by atoms with E-state index in [1.807, 2.05) is 6.08 Å². The molecule has 3 aliphatic rings. The van der Waals surface area contributed by atoms with E-state index < -0.39 is 0 Å². The van der Waals surface area contributed by atoms with Gasteiger partial charge in [0.15, 0.2) is 0 Å². The molecule has 0 aromatic carbocycles. The summed E-state index contributed by atoms with van der Waals surface area (Å²) in [7, 11) is 0. The molecule has 0 heterocycles. The third kappa shape index (κ3) is 10.7. The van der Waals surface area contributed by atoms with Crippen molar-refractivity contribution in [3.05, 3.63) is 35.5 Å². The van der Waals surface area contributed by atoms with E-state index in [2.05, 4.69) is 48.1 Å². The van der Waals surface area contributed by atoms with Gasteiger partial charge in [0.1, 0.15) is 6.29 Å². The van der Waals surface area contributed by atoms with Crippen LogP contribution in [0.4, 0.5) is 0 Å². The molecule has 0 spiro atoms. The van der Waals surface area contributed by atoms with Gasteiger partial charge in [0, 0.05) is 6.61 Å². The second-order valence-electron chi connectivity index (χ2n) is 12.5. The molecule has 33 heavy (non-hydrogen) atoms. The number of hydrogen-bond donors (Lipinski definition) is 2. The zero-order valence-corrected chi connectivity index (χ0v) is 22.5. The predicted molar refractivity (Wildman–Crippen MR) is 141 cm³/mol. The van der Waals surface area contributed by atoms with Crippen molar-refractivity contribution in [3.63, 3.8) is 0 Å². The third-order valence-electron chi connectivity index (χ3n) is 7.92. The van der Waals surface area contributed by atoms with Crippen molar-refractivity contribution in [2.45, 2.75) is 112 Å². The topological polar surface area (TPSA) is 57.5 Å². The number of aldehydes is 1. The van der Waals surface area contributed by atoms with E-state index in [1.165, 1.54) is 68.1 Å². The van der Waals surface area contributed by atoms with Gasteiger partial charge in [0.2, 0.25) is 0 Å². The Hall–Kier alpha value is -1.19. The molecule has 3 saturated carbocycles. The van der Waals surface area contributed by atoms with Gasteiger partial charge in [-0.3, -0.25) is 4.79 Å². The molecular formula is C30H52O3. The van der Waals surface area contributed by atoms with Gasteiger partial charge in [-0.1, -0.05) is 64.0 Å². The minimum Gasteiger partial charge on any atom is -0.396 e. The summed E-state index contributed by atoms with van der Waals surface area (Å²) in [6, 6.07) is 0. The van der Waals surface area contributed by atoms with Gasteiger partial charge >= 0.3 is 0 Å². The van der Waals surface area contributed by atoms with Gasteiger partial charge in [-0.05, 0) is 106 Å². The van der Waals surface area contributed by atoms with Crippen LogP contribution in [0.3, 0.4) is 0 Å². The van der Waals surface area contributed by atoms with Crippen LogP contribution in [0.2, 0.25) is 0 Å². The quantitative estimate of drug-likeness (QED) is 0.252. The largest absolute Gasteiger partial charge is 0.396 e. The lowest BCUT2D eigenvalue weighted by Gasteiger charge is -2.47. The van der Waals surface area contributed by atoms with Crippen LogP contribution in [0.25, 0.3) is 0 Å². The Morgan fingerprint density at radius 2 is 1.52 bits per heavy atom. The summed E-state index contributed by atoms with van der Waals surface area (Å²) in [6.45, 7) is 18.0. The first-order chi connectivity index (χ1) is 15.4. The highest BCUT2D eigenvalue weighted by Gasteiger charge is 2.41. The number of hydrogen-bond acceptors (Lipinski definition) is 3. The van der Waals surface area contributed by atoms with Crippen molar-refractivity contribution < 1.29 is 15.0 Å². The van der Waals surface area contributed by atoms with Crippen LogP contribution in [0.5, 0.6) is 0 Å².